The third-order valence-electron chi connectivity index (χ3n) is 2.91. The second-order valence-corrected chi connectivity index (χ2v) is 4.17. The van der Waals surface area contributed by atoms with Crippen LogP contribution in [0, 0.1) is 11.3 Å². The quantitative estimate of drug-likeness (QED) is 0.731. The number of nitrogens with zero attached hydrogens (tertiary/aromatic N) is 1. The number of benzene rings is 1. The van der Waals surface area contributed by atoms with Gasteiger partial charge in [-0.3, -0.25) is 0 Å². The molecule has 0 aromatic heterocycles. The number of nitriles is 1. The fourth-order valence-corrected chi connectivity index (χ4v) is 2.00. The first kappa shape index (κ1) is 10.7. The monoisotopic (exact) mass is 209 g/mol. The highest BCUT2D eigenvalue weighted by Gasteiger charge is 1.99. The summed E-state index contributed by atoms with van der Waals surface area (Å²) in [6.45, 7) is 2.15. The minimum Gasteiger partial charge on any atom is -0.198 e. The first-order valence-electron chi connectivity index (χ1n) is 5.64. The van der Waals surface area contributed by atoms with Crippen LogP contribution in [0.2, 0.25) is 0 Å². The second-order valence-electron chi connectivity index (χ2n) is 4.17. The Hall–Kier alpha value is -1.81. The number of hydrogen-bond donors (Lipinski definition) is 0. The Bertz CT molecular complexity index is 570. The van der Waals surface area contributed by atoms with Crippen LogP contribution in [0.15, 0.2) is 29.8 Å². The van der Waals surface area contributed by atoms with Crippen LogP contribution in [0.5, 0.6) is 0 Å². The molecule has 0 saturated heterocycles. The molecule has 0 heterocycles. The van der Waals surface area contributed by atoms with Gasteiger partial charge in [0, 0.05) is 6.42 Å². The van der Waals surface area contributed by atoms with Crippen molar-refractivity contribution in [2.24, 2.45) is 0 Å². The molecule has 1 aromatic rings. The minimum absolute atomic E-state index is 0.594. The molecule has 0 N–H and O–H groups in total. The average Bonchev–Trinajstić information content (AvgIpc) is 2.49. The summed E-state index contributed by atoms with van der Waals surface area (Å²) in [5.41, 5.74) is 2.67. The van der Waals surface area contributed by atoms with E-state index in [1.165, 1.54) is 21.6 Å². The molecule has 1 heteroatoms. The van der Waals surface area contributed by atoms with Crippen molar-refractivity contribution in [3.05, 3.63) is 45.8 Å². The van der Waals surface area contributed by atoms with E-state index in [1.54, 1.807) is 0 Å². The zero-order valence-corrected chi connectivity index (χ0v) is 9.53. The Labute approximate surface area is 96.0 Å². The molecule has 0 atom stereocenters. The van der Waals surface area contributed by atoms with E-state index in [4.69, 9.17) is 5.26 Å². The molecule has 80 valence electrons. The van der Waals surface area contributed by atoms with Crippen molar-refractivity contribution in [3.63, 3.8) is 0 Å². The third-order valence-corrected chi connectivity index (χ3v) is 2.91. The molecule has 1 nitrogen and oxygen atoms in total. The largest absolute Gasteiger partial charge is 0.198 e. The third kappa shape index (κ3) is 2.23. The van der Waals surface area contributed by atoms with Crippen molar-refractivity contribution < 1.29 is 0 Å². The molecule has 2 rings (SSSR count). The van der Waals surface area contributed by atoms with Gasteiger partial charge in [-0.15, -0.1) is 0 Å². The van der Waals surface area contributed by atoms with E-state index in [2.05, 4.69) is 49.4 Å². The van der Waals surface area contributed by atoms with Crippen molar-refractivity contribution in [3.8, 4) is 6.07 Å². The normalized spacial score (nSPS) is 13.6. The highest BCUT2D eigenvalue weighted by Crippen LogP contribution is 2.04. The summed E-state index contributed by atoms with van der Waals surface area (Å²) < 4.78 is 0. The van der Waals surface area contributed by atoms with Crippen LogP contribution in [-0.2, 0) is 6.42 Å². The van der Waals surface area contributed by atoms with Crippen LogP contribution >= 0.6 is 0 Å². The Morgan fingerprint density at radius 1 is 1.31 bits per heavy atom. The van der Waals surface area contributed by atoms with Crippen molar-refractivity contribution in [2.45, 2.75) is 26.2 Å². The maximum absolute atomic E-state index is 8.65. The van der Waals surface area contributed by atoms with Crippen LogP contribution < -0.4 is 10.4 Å². The molecule has 0 radical (unpaired) electrons. The molecule has 0 fully saturated rings. The summed E-state index contributed by atoms with van der Waals surface area (Å²) in [7, 11) is 0. The van der Waals surface area contributed by atoms with Gasteiger partial charge in [-0.2, -0.15) is 5.26 Å². The van der Waals surface area contributed by atoms with Crippen LogP contribution in [0.25, 0.3) is 12.2 Å². The van der Waals surface area contributed by atoms with E-state index >= 15 is 0 Å². The molecular formula is C15H15N. The average molecular weight is 209 g/mol. The Morgan fingerprint density at radius 3 is 3.00 bits per heavy atom. The fourth-order valence-electron chi connectivity index (χ4n) is 2.00. The fraction of sp³-hybridized carbons (Fsp3) is 0.267. The molecule has 1 aliphatic rings. The van der Waals surface area contributed by atoms with Crippen LogP contribution in [-0.4, -0.2) is 0 Å². The standard InChI is InChI=1S/C15H15N/c1-12-7-9-14-5-2-4-13(6-3-11-16)15(14)10-8-12/h2,4-5,7,9-10H,3,6,8H2,1H3. The lowest BCUT2D eigenvalue weighted by Crippen LogP contribution is -2.27. The summed E-state index contributed by atoms with van der Waals surface area (Å²) in [6.07, 6.45) is 9.07. The molecular weight excluding hydrogens is 194 g/mol. The Kier molecular flexibility index (Phi) is 3.22. The van der Waals surface area contributed by atoms with E-state index in [9.17, 15) is 0 Å². The maximum atomic E-state index is 8.65. The molecule has 0 aliphatic heterocycles. The zero-order valence-electron chi connectivity index (χ0n) is 9.53. The van der Waals surface area contributed by atoms with E-state index in [1.807, 2.05) is 0 Å². The number of hydrogen-bond acceptors (Lipinski definition) is 1. The van der Waals surface area contributed by atoms with Crippen LogP contribution in [0.4, 0.5) is 0 Å². The summed E-state index contributed by atoms with van der Waals surface area (Å²) >= 11 is 0. The highest BCUT2D eigenvalue weighted by molar-refractivity contribution is 5.48. The van der Waals surface area contributed by atoms with Gasteiger partial charge in [0.2, 0.25) is 0 Å². The van der Waals surface area contributed by atoms with Crippen molar-refractivity contribution in [1.82, 2.24) is 0 Å². The van der Waals surface area contributed by atoms with Gasteiger partial charge in [0.1, 0.15) is 0 Å². The molecule has 0 spiro atoms. The second kappa shape index (κ2) is 4.81. The molecule has 16 heavy (non-hydrogen) atoms. The van der Waals surface area contributed by atoms with Gasteiger partial charge in [0.25, 0.3) is 0 Å². The smallest absolute Gasteiger partial charge is 0.0625 e. The Morgan fingerprint density at radius 2 is 2.19 bits per heavy atom. The lowest BCUT2D eigenvalue weighted by molar-refractivity contribution is 0.996. The molecule has 0 unspecified atom stereocenters. The molecule has 1 aromatic carbocycles. The number of rotatable bonds is 2. The van der Waals surface area contributed by atoms with E-state index in [0.29, 0.717) is 6.42 Å². The maximum Gasteiger partial charge on any atom is 0.0625 e. The van der Waals surface area contributed by atoms with Gasteiger partial charge in [-0.25, -0.2) is 0 Å². The lowest BCUT2D eigenvalue weighted by atomic mass is 10.0. The van der Waals surface area contributed by atoms with Gasteiger partial charge in [0.15, 0.2) is 0 Å². The Balaban J connectivity index is 2.52. The minimum atomic E-state index is 0.594. The van der Waals surface area contributed by atoms with E-state index in [0.717, 1.165) is 12.8 Å². The topological polar surface area (TPSA) is 23.8 Å². The SMILES string of the molecule is CC1=CC=c2cccc(CCC#N)c2=CC1. The van der Waals surface area contributed by atoms with Crippen LogP contribution in [0.3, 0.4) is 0 Å². The molecule has 1 aliphatic carbocycles. The van der Waals surface area contributed by atoms with E-state index < -0.39 is 0 Å². The van der Waals surface area contributed by atoms with E-state index in [-0.39, 0.29) is 0 Å². The number of aryl methyl sites for hydroxylation is 1. The molecule has 0 bridgehead atoms. The number of fused-ring (bicyclic) bond motifs is 1. The van der Waals surface area contributed by atoms with Gasteiger partial charge in [-0.1, -0.05) is 42.0 Å². The van der Waals surface area contributed by atoms with Crippen molar-refractivity contribution in [2.75, 3.05) is 0 Å². The predicted octanol–water partition coefficient (Wildman–Crippen LogP) is 2.05. The molecule has 0 saturated carbocycles. The van der Waals surface area contributed by atoms with Crippen molar-refractivity contribution in [1.29, 1.82) is 5.26 Å². The zero-order chi connectivity index (χ0) is 11.4. The summed E-state index contributed by atoms with van der Waals surface area (Å²) in [6, 6.07) is 8.55. The number of allylic oxidation sites excluding steroid dienone is 2. The highest BCUT2D eigenvalue weighted by atomic mass is 14.2. The van der Waals surface area contributed by atoms with Gasteiger partial charge in [0.05, 0.1) is 6.07 Å². The first-order valence-corrected chi connectivity index (χ1v) is 5.64. The van der Waals surface area contributed by atoms with Crippen LogP contribution in [0.1, 0.15) is 25.3 Å². The predicted molar refractivity (Wildman–Crippen MR) is 66.9 cm³/mol. The van der Waals surface area contributed by atoms with Gasteiger partial charge >= 0.3 is 0 Å². The summed E-state index contributed by atoms with van der Waals surface area (Å²) in [4.78, 5) is 0. The molecule has 0 amide bonds. The summed E-state index contributed by atoms with van der Waals surface area (Å²) in [5, 5.41) is 11.2. The lowest BCUT2D eigenvalue weighted by Gasteiger charge is -2.00. The van der Waals surface area contributed by atoms with Crippen molar-refractivity contribution >= 4 is 12.2 Å². The van der Waals surface area contributed by atoms with Gasteiger partial charge in [-0.05, 0) is 35.8 Å². The summed E-state index contributed by atoms with van der Waals surface area (Å²) in [5.74, 6) is 0. The first-order chi connectivity index (χ1) is 7.81. The van der Waals surface area contributed by atoms with Gasteiger partial charge < -0.3 is 0 Å².